The van der Waals surface area contributed by atoms with E-state index in [0.717, 1.165) is 26.0 Å². The highest BCUT2D eigenvalue weighted by Crippen LogP contribution is 2.33. The maximum atomic E-state index is 13.5. The van der Waals surface area contributed by atoms with Gasteiger partial charge in [-0.1, -0.05) is 63.6 Å². The zero-order chi connectivity index (χ0) is 25.7. The number of amides is 1. The van der Waals surface area contributed by atoms with Crippen LogP contribution >= 0.6 is 15.9 Å². The number of hydrogen-bond acceptors (Lipinski definition) is 8. The highest BCUT2D eigenvalue weighted by Gasteiger charge is 2.35. The first-order chi connectivity index (χ1) is 17.4. The lowest BCUT2D eigenvalue weighted by Gasteiger charge is -2.22. The number of benzene rings is 2. The van der Waals surface area contributed by atoms with Gasteiger partial charge in [-0.05, 0) is 37.1 Å². The summed E-state index contributed by atoms with van der Waals surface area (Å²) < 4.78 is 12.0. The summed E-state index contributed by atoms with van der Waals surface area (Å²) in [5, 5.41) is 13.7. The lowest BCUT2D eigenvalue weighted by Crippen LogP contribution is -2.32. The second-order valence-corrected chi connectivity index (χ2v) is 8.72. The van der Waals surface area contributed by atoms with Crippen molar-refractivity contribution < 1.29 is 23.9 Å². The molecule has 1 amide bonds. The summed E-state index contributed by atoms with van der Waals surface area (Å²) in [5.74, 6) is -2.07. The largest absolute Gasteiger partial charge is 0.461 e. The van der Waals surface area contributed by atoms with Gasteiger partial charge in [-0.15, -0.1) is 5.10 Å². The molecule has 0 aliphatic carbocycles. The van der Waals surface area contributed by atoms with Crippen LogP contribution in [0.2, 0.25) is 0 Å². The Balaban J connectivity index is 1.67. The van der Waals surface area contributed by atoms with Gasteiger partial charge < -0.3 is 9.47 Å². The fraction of sp³-hybridized carbons (Fsp3) is 0.280. The first-order valence-corrected chi connectivity index (χ1v) is 12.2. The van der Waals surface area contributed by atoms with Gasteiger partial charge >= 0.3 is 11.9 Å². The Hall–Kier alpha value is -3.86. The molecule has 11 heteroatoms. The molecule has 0 radical (unpaired) electrons. The summed E-state index contributed by atoms with van der Waals surface area (Å²) in [6.45, 7) is 3.06. The van der Waals surface area contributed by atoms with Crippen molar-refractivity contribution in [3.63, 3.8) is 0 Å². The first kappa shape index (κ1) is 25.2. The Bertz CT molecular complexity index is 1290. The van der Waals surface area contributed by atoms with Crippen molar-refractivity contribution in [1.29, 1.82) is 0 Å². The number of hydrazone groups is 1. The van der Waals surface area contributed by atoms with Crippen LogP contribution < -0.4 is 0 Å². The van der Waals surface area contributed by atoms with E-state index >= 15 is 0 Å². The van der Waals surface area contributed by atoms with Crippen LogP contribution in [0.5, 0.6) is 0 Å². The molecule has 0 unspecified atom stereocenters. The molecule has 10 nitrogen and oxygen atoms in total. The summed E-state index contributed by atoms with van der Waals surface area (Å²) in [5.41, 5.74) is 2.02. The minimum atomic E-state index is -0.821. The van der Waals surface area contributed by atoms with Crippen LogP contribution in [0.3, 0.4) is 0 Å². The maximum Gasteiger partial charge on any atom is 0.361 e. The van der Waals surface area contributed by atoms with E-state index in [1.165, 1.54) is 5.01 Å². The standard InChI is InChI=1S/C25H24BrN5O5/c1-3-35-24(33)22-23(25(34)36-4-2)30(29-27-22)15-21(32)31-20(17-8-6-5-7-9-17)14-19(28-31)16-10-12-18(26)13-11-16/h5-13,20H,3-4,14-15H2,1-2H3/t20-/m0/s1. The predicted octanol–water partition coefficient (Wildman–Crippen LogP) is 3.77. The number of esters is 2. The summed E-state index contributed by atoms with van der Waals surface area (Å²) in [4.78, 5) is 38.5. The number of hydrogen-bond donors (Lipinski definition) is 0. The van der Waals surface area contributed by atoms with E-state index in [1.807, 2.05) is 54.6 Å². The van der Waals surface area contributed by atoms with E-state index in [1.54, 1.807) is 13.8 Å². The summed E-state index contributed by atoms with van der Waals surface area (Å²) in [6.07, 6.45) is 0.507. The van der Waals surface area contributed by atoms with Crippen molar-refractivity contribution >= 4 is 39.5 Å². The van der Waals surface area contributed by atoms with Gasteiger partial charge in [0.25, 0.3) is 5.91 Å². The Morgan fingerprint density at radius 2 is 1.64 bits per heavy atom. The smallest absolute Gasteiger partial charge is 0.361 e. The van der Waals surface area contributed by atoms with Crippen molar-refractivity contribution in [1.82, 2.24) is 20.0 Å². The Labute approximate surface area is 216 Å². The number of ether oxygens (including phenoxy) is 2. The predicted molar refractivity (Wildman–Crippen MR) is 133 cm³/mol. The number of carbonyl (C=O) groups is 3. The van der Waals surface area contributed by atoms with Gasteiger partial charge in [0.1, 0.15) is 6.54 Å². The lowest BCUT2D eigenvalue weighted by atomic mass is 9.98. The molecule has 36 heavy (non-hydrogen) atoms. The number of aromatic nitrogens is 3. The number of rotatable bonds is 8. The number of halogens is 1. The fourth-order valence-electron chi connectivity index (χ4n) is 3.85. The van der Waals surface area contributed by atoms with Crippen LogP contribution in [0, 0.1) is 0 Å². The molecule has 0 N–H and O–H groups in total. The SMILES string of the molecule is CCOC(=O)c1nnn(CC(=O)N2N=C(c3ccc(Br)cc3)C[C@H]2c2ccccc2)c1C(=O)OCC. The van der Waals surface area contributed by atoms with Gasteiger partial charge in [0.2, 0.25) is 5.69 Å². The van der Waals surface area contributed by atoms with Crippen LogP contribution in [0.1, 0.15) is 58.4 Å². The highest BCUT2D eigenvalue weighted by molar-refractivity contribution is 9.10. The van der Waals surface area contributed by atoms with E-state index in [-0.39, 0.29) is 37.2 Å². The number of nitrogens with zero attached hydrogens (tertiary/aromatic N) is 5. The molecule has 1 aliphatic heterocycles. The molecule has 0 saturated carbocycles. The summed E-state index contributed by atoms with van der Waals surface area (Å²) in [6, 6.07) is 16.9. The average molecular weight is 554 g/mol. The van der Waals surface area contributed by atoms with E-state index in [2.05, 4.69) is 31.3 Å². The van der Waals surface area contributed by atoms with Gasteiger partial charge in [-0.3, -0.25) is 4.79 Å². The summed E-state index contributed by atoms with van der Waals surface area (Å²) in [7, 11) is 0. The van der Waals surface area contributed by atoms with Crippen molar-refractivity contribution in [2.45, 2.75) is 32.9 Å². The molecule has 4 rings (SSSR count). The Kier molecular flexibility index (Phi) is 7.89. The molecule has 2 aromatic carbocycles. The lowest BCUT2D eigenvalue weighted by molar-refractivity contribution is -0.133. The minimum absolute atomic E-state index is 0.0727. The Morgan fingerprint density at radius 1 is 0.972 bits per heavy atom. The van der Waals surface area contributed by atoms with E-state index in [9.17, 15) is 14.4 Å². The minimum Gasteiger partial charge on any atom is -0.461 e. The van der Waals surface area contributed by atoms with Crippen LogP contribution in [0.15, 0.2) is 64.2 Å². The van der Waals surface area contributed by atoms with Gasteiger partial charge in [0.15, 0.2) is 5.69 Å². The summed E-state index contributed by atoms with van der Waals surface area (Å²) >= 11 is 3.44. The van der Waals surface area contributed by atoms with Crippen LogP contribution in [0.4, 0.5) is 0 Å². The molecule has 0 bridgehead atoms. The second-order valence-electron chi connectivity index (χ2n) is 7.81. The van der Waals surface area contributed by atoms with Gasteiger partial charge in [-0.25, -0.2) is 19.3 Å². The quantitative estimate of drug-likeness (QED) is 0.390. The Morgan fingerprint density at radius 3 is 2.31 bits per heavy atom. The van der Waals surface area contributed by atoms with Crippen LogP contribution in [0.25, 0.3) is 0 Å². The van der Waals surface area contributed by atoms with Crippen molar-refractivity contribution in [2.24, 2.45) is 5.10 Å². The maximum absolute atomic E-state index is 13.5. The van der Waals surface area contributed by atoms with E-state index in [4.69, 9.17) is 9.47 Å². The molecular formula is C25H24BrN5O5. The van der Waals surface area contributed by atoms with Crippen molar-refractivity contribution in [3.05, 3.63) is 81.6 Å². The molecule has 2 heterocycles. The second kappa shape index (κ2) is 11.3. The first-order valence-electron chi connectivity index (χ1n) is 11.4. The van der Waals surface area contributed by atoms with Crippen LogP contribution in [-0.4, -0.2) is 56.8 Å². The topological polar surface area (TPSA) is 116 Å². The highest BCUT2D eigenvalue weighted by atomic mass is 79.9. The van der Waals surface area contributed by atoms with Crippen molar-refractivity contribution in [3.8, 4) is 0 Å². The third-order valence-corrected chi connectivity index (χ3v) is 6.01. The van der Waals surface area contributed by atoms with Gasteiger partial charge in [0.05, 0.1) is 25.0 Å². The molecule has 1 aromatic heterocycles. The normalized spacial score (nSPS) is 14.9. The molecule has 0 saturated heterocycles. The van der Waals surface area contributed by atoms with Crippen LogP contribution in [-0.2, 0) is 20.8 Å². The number of carbonyl (C=O) groups excluding carboxylic acids is 3. The third-order valence-electron chi connectivity index (χ3n) is 5.49. The van der Waals surface area contributed by atoms with Gasteiger partial charge in [-0.2, -0.15) is 5.10 Å². The van der Waals surface area contributed by atoms with E-state index in [0.29, 0.717) is 6.42 Å². The molecule has 3 aromatic rings. The van der Waals surface area contributed by atoms with Crippen molar-refractivity contribution in [2.75, 3.05) is 13.2 Å². The molecule has 1 aliphatic rings. The fourth-order valence-corrected chi connectivity index (χ4v) is 4.12. The van der Waals surface area contributed by atoms with E-state index < -0.39 is 17.8 Å². The molecule has 0 spiro atoms. The average Bonchev–Trinajstić information content (AvgIpc) is 3.50. The molecular weight excluding hydrogens is 530 g/mol. The zero-order valence-corrected chi connectivity index (χ0v) is 21.3. The van der Waals surface area contributed by atoms with Gasteiger partial charge in [0, 0.05) is 10.9 Å². The molecule has 0 fully saturated rings. The molecule has 1 atom stereocenters. The monoisotopic (exact) mass is 553 g/mol. The zero-order valence-electron chi connectivity index (χ0n) is 19.8. The third kappa shape index (κ3) is 5.35. The molecule has 186 valence electrons.